The SMILES string of the molecule is CC(C)(C)OC(=O)NCCc1ccc(OCC(F)(F)F)cc1. The molecule has 1 rings (SSSR count). The number of alkyl halides is 3. The second-order valence-electron chi connectivity index (χ2n) is 5.73. The Hall–Kier alpha value is -1.92. The zero-order valence-electron chi connectivity index (χ0n) is 12.8. The van der Waals surface area contributed by atoms with Gasteiger partial charge in [0.25, 0.3) is 0 Å². The lowest BCUT2D eigenvalue weighted by molar-refractivity contribution is -0.153. The number of carbonyl (C=O) groups is 1. The first-order chi connectivity index (χ1) is 10.1. The summed E-state index contributed by atoms with van der Waals surface area (Å²) in [6, 6.07) is 6.24. The van der Waals surface area contributed by atoms with Crippen molar-refractivity contribution in [1.82, 2.24) is 5.32 Å². The molecule has 0 saturated heterocycles. The summed E-state index contributed by atoms with van der Waals surface area (Å²) in [6.45, 7) is 4.37. The standard InChI is InChI=1S/C15H20F3NO3/c1-14(2,3)22-13(20)19-9-8-11-4-6-12(7-5-11)21-10-15(16,17)18/h4-7H,8-10H2,1-3H3,(H,19,20). The first-order valence-electron chi connectivity index (χ1n) is 6.80. The van der Waals surface area contributed by atoms with Crippen molar-refractivity contribution in [3.8, 4) is 5.75 Å². The van der Waals surface area contributed by atoms with Crippen LogP contribution in [-0.4, -0.2) is 31.0 Å². The van der Waals surface area contributed by atoms with Gasteiger partial charge in [0.2, 0.25) is 0 Å². The predicted octanol–water partition coefficient (Wildman–Crippen LogP) is 3.69. The van der Waals surface area contributed by atoms with E-state index >= 15 is 0 Å². The van der Waals surface area contributed by atoms with Gasteiger partial charge in [-0.1, -0.05) is 12.1 Å². The van der Waals surface area contributed by atoms with Crippen LogP contribution in [0.3, 0.4) is 0 Å². The smallest absolute Gasteiger partial charge is 0.422 e. The number of alkyl carbamates (subject to hydrolysis) is 1. The molecule has 0 fully saturated rings. The largest absolute Gasteiger partial charge is 0.484 e. The van der Waals surface area contributed by atoms with Crippen molar-refractivity contribution in [3.63, 3.8) is 0 Å². The third-order valence-electron chi connectivity index (χ3n) is 2.41. The van der Waals surface area contributed by atoms with Gasteiger partial charge in [0.15, 0.2) is 6.61 Å². The molecule has 1 aromatic rings. The summed E-state index contributed by atoms with van der Waals surface area (Å²) in [5.74, 6) is 0.154. The van der Waals surface area contributed by atoms with E-state index < -0.39 is 24.5 Å². The second-order valence-corrected chi connectivity index (χ2v) is 5.73. The number of hydrogen-bond donors (Lipinski definition) is 1. The molecule has 0 aliphatic carbocycles. The summed E-state index contributed by atoms with van der Waals surface area (Å²) >= 11 is 0. The third kappa shape index (κ3) is 8.39. The van der Waals surface area contributed by atoms with Crippen LogP contribution < -0.4 is 10.1 Å². The zero-order valence-corrected chi connectivity index (χ0v) is 12.8. The van der Waals surface area contributed by atoms with Crippen molar-refractivity contribution < 1.29 is 27.4 Å². The Morgan fingerprint density at radius 3 is 2.23 bits per heavy atom. The second kappa shape index (κ2) is 7.38. The van der Waals surface area contributed by atoms with Crippen molar-refractivity contribution in [2.24, 2.45) is 0 Å². The van der Waals surface area contributed by atoms with Crippen molar-refractivity contribution in [2.45, 2.75) is 39.0 Å². The van der Waals surface area contributed by atoms with Gasteiger partial charge in [-0.2, -0.15) is 13.2 Å². The Bertz CT molecular complexity index is 478. The molecule has 0 aromatic heterocycles. The molecule has 0 saturated carbocycles. The number of hydrogen-bond acceptors (Lipinski definition) is 3. The van der Waals surface area contributed by atoms with E-state index in [1.165, 1.54) is 12.1 Å². The number of amides is 1. The molecule has 0 bridgehead atoms. The fraction of sp³-hybridized carbons (Fsp3) is 0.533. The lowest BCUT2D eigenvalue weighted by Crippen LogP contribution is -2.33. The molecule has 0 radical (unpaired) electrons. The fourth-order valence-electron chi connectivity index (χ4n) is 1.54. The summed E-state index contributed by atoms with van der Waals surface area (Å²) < 4.78 is 45.7. The minimum atomic E-state index is -4.35. The monoisotopic (exact) mass is 319 g/mol. The van der Waals surface area contributed by atoms with Gasteiger partial charge in [-0.25, -0.2) is 4.79 Å². The molecule has 1 N–H and O–H groups in total. The number of halogens is 3. The maximum absolute atomic E-state index is 12.0. The molecule has 22 heavy (non-hydrogen) atoms. The van der Waals surface area contributed by atoms with E-state index in [0.29, 0.717) is 13.0 Å². The number of benzene rings is 1. The molecule has 0 aliphatic rings. The molecule has 0 atom stereocenters. The summed E-state index contributed by atoms with van der Waals surface area (Å²) in [4.78, 5) is 11.4. The quantitative estimate of drug-likeness (QED) is 0.900. The highest BCUT2D eigenvalue weighted by Crippen LogP contribution is 2.18. The Kier molecular flexibility index (Phi) is 6.08. The Morgan fingerprint density at radius 2 is 1.73 bits per heavy atom. The van der Waals surface area contributed by atoms with Gasteiger partial charge in [-0.05, 0) is 44.9 Å². The van der Waals surface area contributed by atoms with E-state index in [4.69, 9.17) is 4.74 Å². The van der Waals surface area contributed by atoms with Crippen LogP contribution in [0.4, 0.5) is 18.0 Å². The average molecular weight is 319 g/mol. The molecule has 0 spiro atoms. The van der Waals surface area contributed by atoms with E-state index in [1.54, 1.807) is 32.9 Å². The Labute approximate surface area is 127 Å². The van der Waals surface area contributed by atoms with Gasteiger partial charge in [0.1, 0.15) is 11.4 Å². The van der Waals surface area contributed by atoms with Crippen LogP contribution in [0, 0.1) is 0 Å². The highest BCUT2D eigenvalue weighted by molar-refractivity contribution is 5.67. The summed E-state index contributed by atoms with van der Waals surface area (Å²) in [6.07, 6.45) is -4.31. The normalized spacial score (nSPS) is 11.9. The van der Waals surface area contributed by atoms with Gasteiger partial charge < -0.3 is 14.8 Å². The molecule has 0 aliphatic heterocycles. The van der Waals surface area contributed by atoms with Crippen LogP contribution in [0.1, 0.15) is 26.3 Å². The molecule has 124 valence electrons. The topological polar surface area (TPSA) is 47.6 Å². The van der Waals surface area contributed by atoms with Crippen LogP contribution >= 0.6 is 0 Å². The molecule has 4 nitrogen and oxygen atoms in total. The summed E-state index contributed by atoms with van der Waals surface area (Å²) in [7, 11) is 0. The lowest BCUT2D eigenvalue weighted by atomic mass is 10.1. The van der Waals surface area contributed by atoms with Gasteiger partial charge in [0, 0.05) is 6.54 Å². The zero-order chi connectivity index (χ0) is 16.8. The van der Waals surface area contributed by atoms with Crippen LogP contribution in [0.5, 0.6) is 5.75 Å². The summed E-state index contributed by atoms with van der Waals surface area (Å²) in [5.41, 5.74) is 0.317. The van der Waals surface area contributed by atoms with E-state index in [9.17, 15) is 18.0 Å². The minimum absolute atomic E-state index is 0.154. The van der Waals surface area contributed by atoms with E-state index in [0.717, 1.165) is 5.56 Å². The fourth-order valence-corrected chi connectivity index (χ4v) is 1.54. The molecule has 0 heterocycles. The van der Waals surface area contributed by atoms with Crippen LogP contribution in [0.25, 0.3) is 0 Å². The molecule has 1 amide bonds. The first kappa shape index (κ1) is 18.1. The number of carbonyl (C=O) groups excluding carboxylic acids is 1. The number of nitrogens with one attached hydrogen (secondary N) is 1. The highest BCUT2D eigenvalue weighted by Gasteiger charge is 2.28. The van der Waals surface area contributed by atoms with Crippen molar-refractivity contribution in [2.75, 3.05) is 13.2 Å². The van der Waals surface area contributed by atoms with Crippen molar-refractivity contribution >= 4 is 6.09 Å². The van der Waals surface area contributed by atoms with Crippen LogP contribution in [-0.2, 0) is 11.2 Å². The molecule has 1 aromatic carbocycles. The van der Waals surface area contributed by atoms with Crippen LogP contribution in [0.2, 0.25) is 0 Å². The van der Waals surface area contributed by atoms with Crippen LogP contribution in [0.15, 0.2) is 24.3 Å². The Morgan fingerprint density at radius 1 is 1.14 bits per heavy atom. The van der Waals surface area contributed by atoms with Gasteiger partial charge in [0.05, 0.1) is 0 Å². The maximum atomic E-state index is 12.0. The van der Waals surface area contributed by atoms with Gasteiger partial charge in [-0.15, -0.1) is 0 Å². The minimum Gasteiger partial charge on any atom is -0.484 e. The van der Waals surface area contributed by atoms with Crippen molar-refractivity contribution in [1.29, 1.82) is 0 Å². The number of rotatable bonds is 5. The molecule has 7 heteroatoms. The predicted molar refractivity (Wildman–Crippen MR) is 75.9 cm³/mol. The third-order valence-corrected chi connectivity index (χ3v) is 2.41. The van der Waals surface area contributed by atoms with E-state index in [-0.39, 0.29) is 5.75 Å². The highest BCUT2D eigenvalue weighted by atomic mass is 19.4. The summed E-state index contributed by atoms with van der Waals surface area (Å²) in [5, 5.41) is 2.61. The van der Waals surface area contributed by atoms with Gasteiger partial charge in [-0.3, -0.25) is 0 Å². The molecular formula is C15H20F3NO3. The number of ether oxygens (including phenoxy) is 2. The van der Waals surface area contributed by atoms with Crippen molar-refractivity contribution in [3.05, 3.63) is 29.8 Å². The Balaban J connectivity index is 2.34. The van der Waals surface area contributed by atoms with E-state index in [1.807, 2.05) is 0 Å². The molecule has 0 unspecified atom stereocenters. The van der Waals surface area contributed by atoms with E-state index in [2.05, 4.69) is 10.1 Å². The van der Waals surface area contributed by atoms with Gasteiger partial charge >= 0.3 is 12.3 Å². The molecular weight excluding hydrogens is 299 g/mol. The average Bonchev–Trinajstić information content (AvgIpc) is 2.35. The maximum Gasteiger partial charge on any atom is 0.422 e. The lowest BCUT2D eigenvalue weighted by Gasteiger charge is -2.19. The first-order valence-corrected chi connectivity index (χ1v) is 6.80.